The summed E-state index contributed by atoms with van der Waals surface area (Å²) in [6.07, 6.45) is 1.95. The number of aryl methyl sites for hydroxylation is 2. The number of nitrogens with one attached hydrogen (secondary N) is 4. The average Bonchev–Trinajstić information content (AvgIpc) is 3.11. The van der Waals surface area contributed by atoms with Crippen molar-refractivity contribution in [1.82, 2.24) is 10.9 Å². The molecule has 1 aliphatic rings. The molecule has 0 radical (unpaired) electrons. The summed E-state index contributed by atoms with van der Waals surface area (Å²) in [5.41, 5.74) is 8.55. The number of anilines is 2. The van der Waals surface area contributed by atoms with E-state index < -0.39 is 21.3 Å². The molecule has 0 aromatic heterocycles. The molecule has 1 saturated heterocycles. The van der Waals surface area contributed by atoms with Crippen LogP contribution in [0.15, 0.2) is 47.4 Å². The molecule has 3 rings (SSSR count). The van der Waals surface area contributed by atoms with E-state index >= 15 is 0 Å². The minimum Gasteiger partial charge on any atom is -0.326 e. The molecular formula is C19H24N4O3S2. The van der Waals surface area contributed by atoms with Gasteiger partial charge in [0.15, 0.2) is 5.37 Å². The number of carbonyl (C=O) groups excluding carboxylic acids is 1. The van der Waals surface area contributed by atoms with Crippen LogP contribution in [0.4, 0.5) is 11.4 Å². The lowest BCUT2D eigenvalue weighted by Gasteiger charge is -2.20. The molecule has 4 N–H and O–H groups in total. The van der Waals surface area contributed by atoms with Crippen LogP contribution in [0.3, 0.4) is 0 Å². The standard InChI is InChI=1S/C19H24N4O3S2/c1-12-7-13(2)9-15(8-12)23-28(25,26)19-17(11-20-22-19)18(24)21-14-5-4-6-16(10-14)27-3/h4-10,17,19-20,22-23H,11H2,1-3H3,(H,21,24). The third-order valence-corrected chi connectivity index (χ3v) is 6.78. The van der Waals surface area contributed by atoms with Crippen LogP contribution in [0.25, 0.3) is 0 Å². The van der Waals surface area contributed by atoms with Gasteiger partial charge < -0.3 is 5.32 Å². The highest BCUT2D eigenvalue weighted by Crippen LogP contribution is 2.23. The van der Waals surface area contributed by atoms with Crippen LogP contribution in [0, 0.1) is 19.8 Å². The van der Waals surface area contributed by atoms with Crippen molar-refractivity contribution in [2.24, 2.45) is 5.92 Å². The summed E-state index contributed by atoms with van der Waals surface area (Å²) in [6, 6.07) is 12.9. The zero-order valence-corrected chi connectivity index (χ0v) is 17.6. The molecule has 2 atom stereocenters. The first-order chi connectivity index (χ1) is 13.3. The number of thioether (sulfide) groups is 1. The summed E-state index contributed by atoms with van der Waals surface area (Å²) in [5, 5.41) is 1.73. The van der Waals surface area contributed by atoms with Gasteiger partial charge in [0.2, 0.25) is 5.91 Å². The van der Waals surface area contributed by atoms with Crippen LogP contribution >= 0.6 is 11.8 Å². The van der Waals surface area contributed by atoms with Gasteiger partial charge in [-0.15, -0.1) is 11.8 Å². The van der Waals surface area contributed by atoms with E-state index in [4.69, 9.17) is 0 Å². The van der Waals surface area contributed by atoms with E-state index in [1.54, 1.807) is 30.0 Å². The topological polar surface area (TPSA) is 99.3 Å². The van der Waals surface area contributed by atoms with Crippen LogP contribution in [-0.4, -0.2) is 32.5 Å². The van der Waals surface area contributed by atoms with Gasteiger partial charge in [-0.2, -0.15) is 0 Å². The number of hydrazine groups is 1. The Kier molecular flexibility index (Phi) is 6.29. The van der Waals surface area contributed by atoms with Crippen LogP contribution < -0.4 is 20.9 Å². The van der Waals surface area contributed by atoms with E-state index in [1.807, 2.05) is 44.4 Å². The Morgan fingerprint density at radius 3 is 2.50 bits per heavy atom. The second kappa shape index (κ2) is 8.52. The third kappa shape index (κ3) is 4.85. The van der Waals surface area contributed by atoms with Crippen molar-refractivity contribution in [2.45, 2.75) is 24.1 Å². The van der Waals surface area contributed by atoms with Gasteiger partial charge in [0, 0.05) is 22.8 Å². The van der Waals surface area contributed by atoms with Crippen molar-refractivity contribution in [3.8, 4) is 0 Å². The van der Waals surface area contributed by atoms with Crippen molar-refractivity contribution in [3.05, 3.63) is 53.6 Å². The molecule has 7 nitrogen and oxygen atoms in total. The SMILES string of the molecule is CSc1cccc(NC(=O)C2CNNC2S(=O)(=O)Nc2cc(C)cc(C)c2)c1. The fraction of sp³-hybridized carbons (Fsp3) is 0.316. The van der Waals surface area contributed by atoms with Gasteiger partial charge in [-0.05, 0) is 61.6 Å². The summed E-state index contributed by atoms with van der Waals surface area (Å²) in [4.78, 5) is 13.8. The number of carbonyl (C=O) groups is 1. The second-order valence-corrected chi connectivity index (χ2v) is 9.48. The van der Waals surface area contributed by atoms with Crippen molar-refractivity contribution in [1.29, 1.82) is 0 Å². The Morgan fingerprint density at radius 1 is 1.11 bits per heavy atom. The van der Waals surface area contributed by atoms with E-state index in [2.05, 4.69) is 20.9 Å². The van der Waals surface area contributed by atoms with Crippen LogP contribution in [0.2, 0.25) is 0 Å². The molecule has 2 aromatic rings. The Hall–Kier alpha value is -2.07. The smallest absolute Gasteiger partial charge is 0.250 e. The third-order valence-electron chi connectivity index (χ3n) is 4.42. The normalized spacial score (nSPS) is 19.4. The highest BCUT2D eigenvalue weighted by atomic mass is 32.2. The van der Waals surface area contributed by atoms with Gasteiger partial charge in [-0.25, -0.2) is 13.8 Å². The van der Waals surface area contributed by atoms with Crippen molar-refractivity contribution >= 4 is 39.1 Å². The molecule has 150 valence electrons. The molecule has 0 saturated carbocycles. The number of hydrogen-bond acceptors (Lipinski definition) is 6. The molecule has 2 aromatic carbocycles. The lowest BCUT2D eigenvalue weighted by molar-refractivity contribution is -0.119. The summed E-state index contributed by atoms with van der Waals surface area (Å²) in [6.45, 7) is 4.02. The van der Waals surface area contributed by atoms with Gasteiger partial charge in [0.1, 0.15) is 0 Å². The van der Waals surface area contributed by atoms with E-state index in [0.717, 1.165) is 16.0 Å². The summed E-state index contributed by atoms with van der Waals surface area (Å²) in [7, 11) is -3.83. The van der Waals surface area contributed by atoms with E-state index in [0.29, 0.717) is 11.4 Å². The molecule has 1 amide bonds. The predicted octanol–water partition coefficient (Wildman–Crippen LogP) is 2.46. The van der Waals surface area contributed by atoms with Crippen LogP contribution in [-0.2, 0) is 14.8 Å². The molecule has 0 bridgehead atoms. The maximum atomic E-state index is 12.9. The summed E-state index contributed by atoms with van der Waals surface area (Å²) >= 11 is 1.57. The quantitative estimate of drug-likeness (QED) is 0.536. The molecular weight excluding hydrogens is 396 g/mol. The Bertz CT molecular complexity index is 959. The van der Waals surface area contributed by atoms with Gasteiger partial charge in [0.05, 0.1) is 5.92 Å². The maximum absolute atomic E-state index is 12.9. The fourth-order valence-corrected chi connectivity index (χ4v) is 5.12. The lowest BCUT2D eigenvalue weighted by atomic mass is 10.1. The number of amides is 1. The Morgan fingerprint density at radius 2 is 1.82 bits per heavy atom. The summed E-state index contributed by atoms with van der Waals surface area (Å²) < 4.78 is 28.4. The molecule has 28 heavy (non-hydrogen) atoms. The minimum atomic E-state index is -3.83. The van der Waals surface area contributed by atoms with E-state index in [9.17, 15) is 13.2 Å². The molecule has 1 heterocycles. The average molecular weight is 421 g/mol. The number of hydrogen-bond donors (Lipinski definition) is 4. The van der Waals surface area contributed by atoms with Gasteiger partial charge in [-0.3, -0.25) is 14.9 Å². The molecule has 0 spiro atoms. The molecule has 1 aliphatic heterocycles. The van der Waals surface area contributed by atoms with Gasteiger partial charge in [0.25, 0.3) is 10.0 Å². The van der Waals surface area contributed by atoms with Crippen molar-refractivity contribution < 1.29 is 13.2 Å². The maximum Gasteiger partial charge on any atom is 0.250 e. The first-order valence-electron chi connectivity index (χ1n) is 8.82. The van der Waals surface area contributed by atoms with Gasteiger partial charge in [-0.1, -0.05) is 12.1 Å². The fourth-order valence-electron chi connectivity index (χ4n) is 3.20. The monoisotopic (exact) mass is 420 g/mol. The number of sulfonamides is 1. The zero-order chi connectivity index (χ0) is 20.3. The van der Waals surface area contributed by atoms with Crippen molar-refractivity contribution in [3.63, 3.8) is 0 Å². The van der Waals surface area contributed by atoms with Gasteiger partial charge >= 0.3 is 0 Å². The Labute approximate surface area is 169 Å². The van der Waals surface area contributed by atoms with Crippen LogP contribution in [0.5, 0.6) is 0 Å². The number of benzene rings is 2. The molecule has 1 fully saturated rings. The summed E-state index contributed by atoms with van der Waals surface area (Å²) in [5.74, 6) is -1.13. The van der Waals surface area contributed by atoms with Crippen LogP contribution in [0.1, 0.15) is 11.1 Å². The molecule has 2 unspecified atom stereocenters. The highest BCUT2D eigenvalue weighted by molar-refractivity contribution is 7.98. The molecule has 0 aliphatic carbocycles. The predicted molar refractivity (Wildman–Crippen MR) is 114 cm³/mol. The van der Waals surface area contributed by atoms with E-state index in [-0.39, 0.29) is 12.5 Å². The minimum absolute atomic E-state index is 0.215. The molecule has 9 heteroatoms. The largest absolute Gasteiger partial charge is 0.326 e. The lowest BCUT2D eigenvalue weighted by Crippen LogP contribution is -2.45. The number of rotatable bonds is 6. The first kappa shape index (κ1) is 20.7. The Balaban J connectivity index is 1.76. The first-order valence-corrected chi connectivity index (χ1v) is 11.6. The second-order valence-electron chi connectivity index (χ2n) is 6.80. The van der Waals surface area contributed by atoms with E-state index in [1.165, 1.54) is 0 Å². The van der Waals surface area contributed by atoms with Crippen molar-refractivity contribution in [2.75, 3.05) is 22.8 Å². The zero-order valence-electron chi connectivity index (χ0n) is 15.9. The highest BCUT2D eigenvalue weighted by Gasteiger charge is 2.42.